The molecule has 0 aromatic rings. The van der Waals surface area contributed by atoms with Crippen LogP contribution in [-0.2, 0) is 4.74 Å². The lowest BCUT2D eigenvalue weighted by atomic mass is 9.86. The Morgan fingerprint density at radius 1 is 0.950 bits per heavy atom. The summed E-state index contributed by atoms with van der Waals surface area (Å²) in [6.45, 7) is 12.5. The molecule has 1 aliphatic heterocycles. The van der Waals surface area contributed by atoms with Crippen LogP contribution in [0.3, 0.4) is 0 Å². The smallest absolute Gasteiger partial charge is 0.112 e. The first kappa shape index (κ1) is 17.9. The second kappa shape index (κ2) is 6.30. The van der Waals surface area contributed by atoms with Gasteiger partial charge in [-0.3, -0.25) is 0 Å². The number of hydrogen-bond donors (Lipinski definition) is 3. The Morgan fingerprint density at radius 3 is 1.95 bits per heavy atom. The Morgan fingerprint density at radius 2 is 1.50 bits per heavy atom. The minimum Gasteiger partial charge on any atom is -0.390 e. The average Bonchev–Trinajstić information content (AvgIpc) is 2.51. The van der Waals surface area contributed by atoms with Crippen molar-refractivity contribution in [3.63, 3.8) is 0 Å². The monoisotopic (exact) mass is 288 g/mol. The highest BCUT2D eigenvalue weighted by Gasteiger charge is 2.46. The molecule has 0 aromatic heterocycles. The van der Waals surface area contributed by atoms with E-state index in [0.717, 1.165) is 6.42 Å². The maximum Gasteiger partial charge on any atom is 0.112 e. The zero-order valence-corrected chi connectivity index (χ0v) is 13.8. The average molecular weight is 288 g/mol. The van der Waals surface area contributed by atoms with Gasteiger partial charge in [-0.15, -0.1) is 0 Å². The molecule has 3 N–H and O–H groups in total. The molecule has 0 radical (unpaired) electrons. The number of aliphatic hydroxyl groups excluding tert-OH is 3. The third-order valence-corrected chi connectivity index (χ3v) is 3.78. The fraction of sp³-hybridized carbons (Fsp3) is 1.00. The predicted molar refractivity (Wildman–Crippen MR) is 79.4 cm³/mol. The highest BCUT2D eigenvalue weighted by molar-refractivity contribution is 4.95. The first-order chi connectivity index (χ1) is 8.91. The van der Waals surface area contributed by atoms with Gasteiger partial charge >= 0.3 is 0 Å². The molecule has 1 fully saturated rings. The van der Waals surface area contributed by atoms with Crippen LogP contribution in [0.25, 0.3) is 0 Å². The molecule has 120 valence electrons. The molecule has 0 aromatic carbocycles. The number of ether oxygens (including phenoxy) is 1. The standard InChI is InChI=1S/C16H32O4/c1-15(2,3)8-7-10(17)14-13(19)12(18)11(20-14)9-16(4,5)6/h10-14,17-19H,7-9H2,1-6H3/t10?,11-,12-,13+,14-/m1/s1. The van der Waals surface area contributed by atoms with Crippen LogP contribution in [-0.4, -0.2) is 45.8 Å². The summed E-state index contributed by atoms with van der Waals surface area (Å²) in [5.41, 5.74) is 0.143. The molecule has 4 heteroatoms. The SMILES string of the molecule is CC(C)(C)CCC(O)[C@H]1O[C@H](CC(C)(C)C)[C@@H](O)[C@@H]1O. The molecule has 0 amide bonds. The normalized spacial score (nSPS) is 33.5. The summed E-state index contributed by atoms with van der Waals surface area (Å²) in [5, 5.41) is 30.4. The third-order valence-electron chi connectivity index (χ3n) is 3.78. The van der Waals surface area contributed by atoms with Gasteiger partial charge in [0, 0.05) is 0 Å². The first-order valence-corrected chi connectivity index (χ1v) is 7.60. The summed E-state index contributed by atoms with van der Waals surface area (Å²) < 4.78 is 5.74. The summed E-state index contributed by atoms with van der Waals surface area (Å²) in [5.74, 6) is 0. The lowest BCUT2D eigenvalue weighted by Gasteiger charge is -2.26. The lowest BCUT2D eigenvalue weighted by Crippen LogP contribution is -2.39. The van der Waals surface area contributed by atoms with Crippen LogP contribution in [0.4, 0.5) is 0 Å². The Bertz CT molecular complexity index is 303. The molecule has 1 saturated heterocycles. The molecule has 20 heavy (non-hydrogen) atoms. The van der Waals surface area contributed by atoms with Crippen LogP contribution >= 0.6 is 0 Å². The fourth-order valence-electron chi connectivity index (χ4n) is 2.61. The van der Waals surface area contributed by atoms with Crippen LogP contribution in [0.15, 0.2) is 0 Å². The molecule has 0 aliphatic carbocycles. The topological polar surface area (TPSA) is 69.9 Å². The van der Waals surface area contributed by atoms with Crippen molar-refractivity contribution in [3.05, 3.63) is 0 Å². The van der Waals surface area contributed by atoms with Crippen molar-refractivity contribution in [2.24, 2.45) is 10.8 Å². The number of hydrogen-bond acceptors (Lipinski definition) is 4. The molecular weight excluding hydrogens is 256 g/mol. The van der Waals surface area contributed by atoms with E-state index in [1.165, 1.54) is 0 Å². The van der Waals surface area contributed by atoms with Crippen molar-refractivity contribution in [2.45, 2.75) is 91.3 Å². The van der Waals surface area contributed by atoms with Gasteiger partial charge in [0.15, 0.2) is 0 Å². The Balaban J connectivity index is 2.59. The quantitative estimate of drug-likeness (QED) is 0.741. The molecule has 0 saturated carbocycles. The van der Waals surface area contributed by atoms with Gasteiger partial charge in [0.05, 0.1) is 12.2 Å². The number of rotatable bonds is 4. The Hall–Kier alpha value is -0.160. The van der Waals surface area contributed by atoms with Gasteiger partial charge in [-0.05, 0) is 30.1 Å². The van der Waals surface area contributed by atoms with E-state index in [-0.39, 0.29) is 10.8 Å². The van der Waals surface area contributed by atoms with E-state index in [4.69, 9.17) is 4.74 Å². The molecule has 5 atom stereocenters. The highest BCUT2D eigenvalue weighted by Crippen LogP contribution is 2.34. The zero-order valence-electron chi connectivity index (χ0n) is 13.8. The summed E-state index contributed by atoms with van der Waals surface area (Å²) in [6, 6.07) is 0. The predicted octanol–water partition coefficient (Wildman–Crippen LogP) is 2.10. The van der Waals surface area contributed by atoms with Crippen molar-refractivity contribution in [3.8, 4) is 0 Å². The Kier molecular flexibility index (Phi) is 5.64. The largest absolute Gasteiger partial charge is 0.390 e. The summed E-state index contributed by atoms with van der Waals surface area (Å²) in [4.78, 5) is 0. The van der Waals surface area contributed by atoms with E-state index in [0.29, 0.717) is 12.8 Å². The zero-order chi connectivity index (χ0) is 15.7. The second-order valence-corrected chi connectivity index (χ2v) is 8.55. The molecular formula is C16H32O4. The van der Waals surface area contributed by atoms with Crippen molar-refractivity contribution < 1.29 is 20.1 Å². The molecule has 1 aliphatic rings. The van der Waals surface area contributed by atoms with Crippen molar-refractivity contribution in [2.75, 3.05) is 0 Å². The van der Waals surface area contributed by atoms with Gasteiger partial charge in [-0.1, -0.05) is 41.5 Å². The maximum absolute atomic E-state index is 10.2. The highest BCUT2D eigenvalue weighted by atomic mass is 16.6. The maximum atomic E-state index is 10.2. The molecule has 1 rings (SSSR count). The van der Waals surface area contributed by atoms with Gasteiger partial charge in [-0.25, -0.2) is 0 Å². The molecule has 0 spiro atoms. The van der Waals surface area contributed by atoms with E-state index in [1.54, 1.807) is 0 Å². The fourth-order valence-corrected chi connectivity index (χ4v) is 2.61. The van der Waals surface area contributed by atoms with Crippen LogP contribution in [0, 0.1) is 10.8 Å². The van der Waals surface area contributed by atoms with E-state index in [1.807, 2.05) is 0 Å². The van der Waals surface area contributed by atoms with Crippen molar-refractivity contribution in [1.29, 1.82) is 0 Å². The van der Waals surface area contributed by atoms with Crippen LogP contribution < -0.4 is 0 Å². The third kappa shape index (κ3) is 5.32. The van der Waals surface area contributed by atoms with Crippen LogP contribution in [0.2, 0.25) is 0 Å². The minimum absolute atomic E-state index is 0.0105. The molecule has 1 unspecified atom stereocenters. The summed E-state index contributed by atoms with van der Waals surface area (Å²) >= 11 is 0. The van der Waals surface area contributed by atoms with Crippen molar-refractivity contribution in [1.82, 2.24) is 0 Å². The minimum atomic E-state index is -1.00. The Labute approximate surface area is 123 Å². The first-order valence-electron chi connectivity index (χ1n) is 7.60. The second-order valence-electron chi connectivity index (χ2n) is 8.55. The van der Waals surface area contributed by atoms with Gasteiger partial charge in [-0.2, -0.15) is 0 Å². The summed E-state index contributed by atoms with van der Waals surface area (Å²) in [6.07, 6.45) is -1.65. The molecule has 4 nitrogen and oxygen atoms in total. The molecule has 0 bridgehead atoms. The van der Waals surface area contributed by atoms with Crippen molar-refractivity contribution >= 4 is 0 Å². The molecule has 1 heterocycles. The number of aliphatic hydroxyl groups is 3. The van der Waals surface area contributed by atoms with E-state index in [2.05, 4.69) is 41.5 Å². The van der Waals surface area contributed by atoms with Gasteiger partial charge < -0.3 is 20.1 Å². The summed E-state index contributed by atoms with van der Waals surface area (Å²) in [7, 11) is 0. The van der Waals surface area contributed by atoms with E-state index < -0.39 is 30.5 Å². The van der Waals surface area contributed by atoms with Crippen LogP contribution in [0.1, 0.15) is 60.8 Å². The van der Waals surface area contributed by atoms with Gasteiger partial charge in [0.2, 0.25) is 0 Å². The van der Waals surface area contributed by atoms with Gasteiger partial charge in [0.1, 0.15) is 18.3 Å². The lowest BCUT2D eigenvalue weighted by molar-refractivity contribution is -0.0761. The van der Waals surface area contributed by atoms with Crippen LogP contribution in [0.5, 0.6) is 0 Å². The van der Waals surface area contributed by atoms with E-state index in [9.17, 15) is 15.3 Å². The van der Waals surface area contributed by atoms with Gasteiger partial charge in [0.25, 0.3) is 0 Å². The van der Waals surface area contributed by atoms with E-state index >= 15 is 0 Å².